The quantitative estimate of drug-likeness (QED) is 0.178. The van der Waals surface area contributed by atoms with Gasteiger partial charge < -0.3 is 25.5 Å². The molecule has 4 N–H and O–H groups in total. The lowest BCUT2D eigenvalue weighted by atomic mass is 9.79. The molecular weight excluding hydrogens is 490 g/mol. The van der Waals surface area contributed by atoms with Crippen molar-refractivity contribution in [2.45, 2.75) is 38.5 Å². The third kappa shape index (κ3) is 7.01. The van der Waals surface area contributed by atoms with Crippen molar-refractivity contribution in [1.82, 2.24) is 9.71 Å². The molecule has 0 unspecified atom stereocenters. The Morgan fingerprint density at radius 2 is 1.92 bits per heavy atom. The molecule has 0 radical (unpaired) electrons. The summed E-state index contributed by atoms with van der Waals surface area (Å²) in [6.45, 7) is 2.35. The molecule has 1 aliphatic heterocycles. The van der Waals surface area contributed by atoms with Gasteiger partial charge in [0.2, 0.25) is 0 Å². The molecule has 9 nitrogen and oxygen atoms in total. The fraction of sp³-hybridized carbons (Fsp3) is 0.481. The Balaban J connectivity index is 1.70. The maximum absolute atomic E-state index is 13.1. The van der Waals surface area contributed by atoms with Crippen molar-refractivity contribution < 1.29 is 19.4 Å². The lowest BCUT2D eigenvalue weighted by molar-refractivity contribution is -0.136. The van der Waals surface area contributed by atoms with Gasteiger partial charge >= 0.3 is 5.97 Å². The van der Waals surface area contributed by atoms with Gasteiger partial charge in [0.25, 0.3) is 5.91 Å². The fourth-order valence-corrected chi connectivity index (χ4v) is 5.31. The molecule has 0 atom stereocenters. The Morgan fingerprint density at radius 3 is 2.54 bits per heavy atom. The number of methoxy groups -OCH3 is 1. The number of benzene rings is 1. The second-order valence-electron chi connectivity index (χ2n) is 9.59. The van der Waals surface area contributed by atoms with E-state index in [-0.39, 0.29) is 29.7 Å². The number of aromatic nitrogens is 1. The standard InChI is InChI=1S/C27H35N5O4S/c1-36-17-18-10-13-32(14-11-18)22-16-21(27(35)31-37-15-12-23(33)34)30-26(29-20-8-3-2-4-9-20)24(22)25(28)19-6-5-7-19/h2-4,8-9,16,18-19,28H,5-7,10-15,17H2,1H3,(H,29,30)(H,31,35)(H,33,34). The van der Waals surface area contributed by atoms with Gasteiger partial charge in [0.05, 0.1) is 17.7 Å². The predicted molar refractivity (Wildman–Crippen MR) is 147 cm³/mol. The second-order valence-corrected chi connectivity index (χ2v) is 10.5. The Hall–Kier alpha value is -3.11. The minimum absolute atomic E-state index is 0.0433. The zero-order chi connectivity index (χ0) is 26.2. The lowest BCUT2D eigenvalue weighted by Crippen LogP contribution is -2.37. The van der Waals surface area contributed by atoms with E-state index in [9.17, 15) is 9.59 Å². The van der Waals surface area contributed by atoms with E-state index in [4.69, 9.17) is 20.2 Å². The van der Waals surface area contributed by atoms with Crippen LogP contribution in [0.2, 0.25) is 0 Å². The predicted octanol–water partition coefficient (Wildman–Crippen LogP) is 4.71. The van der Waals surface area contributed by atoms with Crippen molar-refractivity contribution in [3.63, 3.8) is 0 Å². The average molecular weight is 526 g/mol. The summed E-state index contributed by atoms with van der Waals surface area (Å²) in [6.07, 6.45) is 5.00. The maximum atomic E-state index is 13.1. The summed E-state index contributed by atoms with van der Waals surface area (Å²) in [5, 5.41) is 21.4. The van der Waals surface area contributed by atoms with E-state index in [1.54, 1.807) is 13.2 Å². The number of carbonyl (C=O) groups excluding carboxylic acids is 1. The highest BCUT2D eigenvalue weighted by molar-refractivity contribution is 7.97. The van der Waals surface area contributed by atoms with Gasteiger partial charge in [-0.3, -0.25) is 14.3 Å². The van der Waals surface area contributed by atoms with Gasteiger partial charge in [-0.25, -0.2) is 4.98 Å². The number of para-hydroxylation sites is 1. The minimum Gasteiger partial charge on any atom is -0.481 e. The monoisotopic (exact) mass is 525 g/mol. The van der Waals surface area contributed by atoms with Gasteiger partial charge in [0.1, 0.15) is 11.5 Å². The van der Waals surface area contributed by atoms with Crippen molar-refractivity contribution >= 4 is 46.7 Å². The number of hydrogen-bond donors (Lipinski definition) is 4. The van der Waals surface area contributed by atoms with E-state index in [1.807, 2.05) is 30.3 Å². The smallest absolute Gasteiger partial charge is 0.304 e. The van der Waals surface area contributed by atoms with Crippen LogP contribution in [-0.2, 0) is 9.53 Å². The van der Waals surface area contributed by atoms with Gasteiger partial charge in [0, 0.05) is 49.9 Å². The van der Waals surface area contributed by atoms with Crippen LogP contribution in [0.25, 0.3) is 0 Å². The molecule has 2 fully saturated rings. The van der Waals surface area contributed by atoms with Crippen LogP contribution in [-0.4, -0.2) is 60.2 Å². The lowest BCUT2D eigenvalue weighted by Gasteiger charge is -2.36. The molecule has 0 spiro atoms. The van der Waals surface area contributed by atoms with Crippen molar-refractivity contribution in [1.29, 1.82) is 5.41 Å². The number of nitrogens with one attached hydrogen (secondary N) is 3. The number of carboxylic acids is 1. The molecule has 2 aromatic rings. The highest BCUT2D eigenvalue weighted by Crippen LogP contribution is 2.38. The molecular formula is C27H35N5O4S. The van der Waals surface area contributed by atoms with Crippen molar-refractivity contribution in [3.8, 4) is 0 Å². The van der Waals surface area contributed by atoms with Crippen LogP contribution in [0.3, 0.4) is 0 Å². The number of carbonyl (C=O) groups is 2. The summed E-state index contributed by atoms with van der Waals surface area (Å²) in [5.74, 6) is 0.152. The van der Waals surface area contributed by atoms with Gasteiger partial charge in [-0.05, 0) is 61.7 Å². The third-order valence-corrected chi connectivity index (χ3v) is 7.73. The van der Waals surface area contributed by atoms with Crippen LogP contribution in [0.15, 0.2) is 36.4 Å². The number of nitrogens with zero attached hydrogens (tertiary/aromatic N) is 2. The van der Waals surface area contributed by atoms with Crippen LogP contribution in [0.1, 0.15) is 54.6 Å². The number of anilines is 3. The fourth-order valence-electron chi connectivity index (χ4n) is 4.70. The normalized spacial score (nSPS) is 16.2. The average Bonchev–Trinajstić information content (AvgIpc) is 2.86. The Morgan fingerprint density at radius 1 is 1.19 bits per heavy atom. The Kier molecular flexibility index (Phi) is 9.40. The zero-order valence-corrected chi connectivity index (χ0v) is 22.0. The summed E-state index contributed by atoms with van der Waals surface area (Å²) < 4.78 is 8.10. The van der Waals surface area contributed by atoms with Crippen molar-refractivity contribution in [3.05, 3.63) is 47.7 Å². The zero-order valence-electron chi connectivity index (χ0n) is 21.2. The van der Waals surface area contributed by atoms with E-state index in [1.165, 1.54) is 0 Å². The summed E-state index contributed by atoms with van der Waals surface area (Å²) in [6, 6.07) is 11.4. The van der Waals surface area contributed by atoms with E-state index < -0.39 is 5.97 Å². The summed E-state index contributed by atoms with van der Waals surface area (Å²) in [7, 11) is 1.73. The molecule has 2 heterocycles. The molecule has 4 rings (SSSR count). The number of pyridine rings is 1. The molecule has 1 aliphatic carbocycles. The van der Waals surface area contributed by atoms with Crippen molar-refractivity contribution in [2.75, 3.05) is 42.8 Å². The van der Waals surface area contributed by atoms with E-state index >= 15 is 0 Å². The largest absolute Gasteiger partial charge is 0.481 e. The number of hydrogen-bond acceptors (Lipinski definition) is 8. The number of rotatable bonds is 12. The molecule has 37 heavy (non-hydrogen) atoms. The molecule has 1 amide bonds. The Bertz CT molecular complexity index is 1100. The summed E-state index contributed by atoms with van der Waals surface area (Å²) >= 11 is 1.06. The van der Waals surface area contributed by atoms with Crippen LogP contribution < -0.4 is 14.9 Å². The molecule has 0 bridgehead atoms. The van der Waals surface area contributed by atoms with Gasteiger partial charge in [0.15, 0.2) is 0 Å². The van der Waals surface area contributed by atoms with Gasteiger partial charge in [-0.1, -0.05) is 24.6 Å². The molecule has 1 aromatic heterocycles. The number of aliphatic carboxylic acids is 1. The first-order chi connectivity index (χ1) is 18.0. The van der Waals surface area contributed by atoms with Crippen LogP contribution >= 0.6 is 11.9 Å². The molecule has 2 aliphatic rings. The highest BCUT2D eigenvalue weighted by atomic mass is 32.2. The van der Waals surface area contributed by atoms with Crippen LogP contribution in [0.5, 0.6) is 0 Å². The van der Waals surface area contributed by atoms with E-state index in [0.717, 1.165) is 80.7 Å². The minimum atomic E-state index is -0.910. The van der Waals surface area contributed by atoms with E-state index in [2.05, 4.69) is 14.9 Å². The first kappa shape index (κ1) is 26.9. The van der Waals surface area contributed by atoms with Crippen molar-refractivity contribution in [2.24, 2.45) is 11.8 Å². The maximum Gasteiger partial charge on any atom is 0.304 e. The van der Waals surface area contributed by atoms with Crippen LogP contribution in [0.4, 0.5) is 17.2 Å². The Labute approximate surface area is 222 Å². The summed E-state index contributed by atoms with van der Waals surface area (Å²) in [4.78, 5) is 30.9. The molecule has 1 saturated heterocycles. The number of amides is 1. The molecule has 198 valence electrons. The van der Waals surface area contributed by atoms with E-state index in [0.29, 0.717) is 17.4 Å². The topological polar surface area (TPSA) is 128 Å². The first-order valence-corrected chi connectivity index (χ1v) is 13.8. The molecule has 10 heteroatoms. The first-order valence-electron chi connectivity index (χ1n) is 12.8. The van der Waals surface area contributed by atoms with Gasteiger partial charge in [-0.15, -0.1) is 0 Å². The molecule has 1 aromatic carbocycles. The van der Waals surface area contributed by atoms with Gasteiger partial charge in [-0.2, -0.15) is 0 Å². The second kappa shape index (κ2) is 12.9. The third-order valence-electron chi connectivity index (χ3n) is 6.99. The highest BCUT2D eigenvalue weighted by Gasteiger charge is 2.31. The number of piperidine rings is 1. The SMILES string of the molecule is COCC1CCN(c2cc(C(=O)NSCCC(=O)O)nc(Nc3ccccc3)c2C(=N)C2CCC2)CC1. The summed E-state index contributed by atoms with van der Waals surface area (Å²) in [5.41, 5.74) is 3.24. The van der Waals surface area contributed by atoms with Crippen LogP contribution in [0, 0.1) is 17.2 Å². The number of ether oxygens (including phenoxy) is 1. The molecule has 1 saturated carbocycles. The number of carboxylic acid groups (broad SMARTS) is 1.